The lowest BCUT2D eigenvalue weighted by Gasteiger charge is -2.35. The van der Waals surface area contributed by atoms with Crippen molar-refractivity contribution >= 4 is 5.91 Å². The largest absolute Gasteiger partial charge is 0.389 e. The molecule has 1 saturated heterocycles. The van der Waals surface area contributed by atoms with Gasteiger partial charge in [0.2, 0.25) is 5.91 Å². The summed E-state index contributed by atoms with van der Waals surface area (Å²) in [6, 6.07) is 10.5. The first-order chi connectivity index (χ1) is 10.8. The number of hydrogen-bond acceptors (Lipinski definition) is 4. The maximum Gasteiger partial charge on any atom is 0.236 e. The predicted octanol–water partition coefficient (Wildman–Crippen LogP) is 1.03. The van der Waals surface area contributed by atoms with Crippen molar-refractivity contribution in [1.29, 1.82) is 0 Å². The Bertz CT molecular complexity index is 491. The van der Waals surface area contributed by atoms with Crippen LogP contribution in [0.25, 0.3) is 0 Å². The molecular weight excluding hydrogens is 290 g/mol. The van der Waals surface area contributed by atoms with Crippen LogP contribution < -0.4 is 0 Å². The fourth-order valence-electron chi connectivity index (χ4n) is 2.93. The van der Waals surface area contributed by atoms with Gasteiger partial charge in [0, 0.05) is 46.3 Å². The molecule has 1 aliphatic rings. The Hall–Kier alpha value is -1.43. The van der Waals surface area contributed by atoms with Crippen LogP contribution in [0, 0.1) is 0 Å². The van der Waals surface area contributed by atoms with E-state index in [-0.39, 0.29) is 5.91 Å². The molecule has 5 heteroatoms. The summed E-state index contributed by atoms with van der Waals surface area (Å²) in [5, 5.41) is 9.80. The Morgan fingerprint density at radius 3 is 2.26 bits per heavy atom. The van der Waals surface area contributed by atoms with Gasteiger partial charge in [-0.1, -0.05) is 30.3 Å². The number of carbonyl (C=O) groups excluding carboxylic acids is 1. The SMILES string of the molecule is CN(CC(C)(C)O)C(=O)CN1CCN(Cc2ccccc2)CC1. The molecule has 1 aliphatic heterocycles. The number of carbonyl (C=O) groups is 1. The highest BCUT2D eigenvalue weighted by atomic mass is 16.3. The third-order valence-corrected chi connectivity index (χ3v) is 4.12. The average molecular weight is 319 g/mol. The Morgan fingerprint density at radius 2 is 1.70 bits per heavy atom. The van der Waals surface area contributed by atoms with Crippen LogP contribution in [-0.4, -0.2) is 77.6 Å². The maximum absolute atomic E-state index is 12.2. The molecule has 0 aromatic heterocycles. The molecule has 0 unspecified atom stereocenters. The van der Waals surface area contributed by atoms with E-state index in [4.69, 9.17) is 0 Å². The molecule has 1 heterocycles. The molecule has 2 rings (SSSR count). The number of rotatable bonds is 6. The lowest BCUT2D eigenvalue weighted by Crippen LogP contribution is -2.50. The van der Waals surface area contributed by atoms with E-state index in [1.54, 1.807) is 25.8 Å². The molecule has 1 aromatic rings. The molecule has 1 aromatic carbocycles. The van der Waals surface area contributed by atoms with Gasteiger partial charge >= 0.3 is 0 Å². The zero-order valence-electron chi connectivity index (χ0n) is 14.5. The summed E-state index contributed by atoms with van der Waals surface area (Å²) in [6.07, 6.45) is 0. The van der Waals surface area contributed by atoms with Crippen molar-refractivity contribution in [1.82, 2.24) is 14.7 Å². The van der Waals surface area contributed by atoms with Crippen molar-refractivity contribution < 1.29 is 9.90 Å². The highest BCUT2D eigenvalue weighted by Crippen LogP contribution is 2.09. The van der Waals surface area contributed by atoms with Gasteiger partial charge in [-0.25, -0.2) is 0 Å². The molecule has 0 spiro atoms. The fourth-order valence-corrected chi connectivity index (χ4v) is 2.93. The van der Waals surface area contributed by atoms with Crippen LogP contribution in [0.15, 0.2) is 30.3 Å². The molecule has 1 fully saturated rings. The van der Waals surface area contributed by atoms with Crippen LogP contribution in [0.4, 0.5) is 0 Å². The highest BCUT2D eigenvalue weighted by molar-refractivity contribution is 5.78. The minimum absolute atomic E-state index is 0.0728. The normalized spacial score (nSPS) is 17.2. The Balaban J connectivity index is 1.73. The van der Waals surface area contributed by atoms with Gasteiger partial charge in [-0.2, -0.15) is 0 Å². The molecule has 0 radical (unpaired) electrons. The standard InChI is InChI=1S/C18H29N3O2/c1-18(2,23)15-19(3)17(22)14-21-11-9-20(10-12-21)13-16-7-5-4-6-8-16/h4-8,23H,9-15H2,1-3H3. The van der Waals surface area contributed by atoms with E-state index < -0.39 is 5.60 Å². The zero-order chi connectivity index (χ0) is 16.9. The summed E-state index contributed by atoms with van der Waals surface area (Å²) in [5.41, 5.74) is 0.487. The molecule has 5 nitrogen and oxygen atoms in total. The molecule has 23 heavy (non-hydrogen) atoms. The first kappa shape index (κ1) is 17.9. The van der Waals surface area contributed by atoms with Gasteiger partial charge < -0.3 is 10.0 Å². The summed E-state index contributed by atoms with van der Waals surface area (Å²) >= 11 is 0. The molecule has 0 saturated carbocycles. The van der Waals surface area contributed by atoms with E-state index in [0.717, 1.165) is 32.7 Å². The Morgan fingerprint density at radius 1 is 1.13 bits per heavy atom. The van der Waals surface area contributed by atoms with E-state index >= 15 is 0 Å². The molecule has 1 N–H and O–H groups in total. The quantitative estimate of drug-likeness (QED) is 0.851. The second-order valence-corrected chi connectivity index (χ2v) is 7.10. The molecule has 1 amide bonds. The monoisotopic (exact) mass is 319 g/mol. The number of amides is 1. The van der Waals surface area contributed by atoms with E-state index in [2.05, 4.69) is 34.1 Å². The maximum atomic E-state index is 12.2. The summed E-state index contributed by atoms with van der Waals surface area (Å²) in [5.74, 6) is 0.0728. The lowest BCUT2D eigenvalue weighted by molar-refractivity contribution is -0.134. The van der Waals surface area contributed by atoms with E-state index in [1.807, 2.05) is 6.07 Å². The Kier molecular flexibility index (Phi) is 6.16. The van der Waals surface area contributed by atoms with Gasteiger partial charge in [0.1, 0.15) is 0 Å². The number of piperazine rings is 1. The van der Waals surface area contributed by atoms with Crippen molar-refractivity contribution in [3.05, 3.63) is 35.9 Å². The molecule has 0 bridgehead atoms. The third kappa shape index (κ3) is 6.29. The van der Waals surface area contributed by atoms with Crippen LogP contribution in [0.3, 0.4) is 0 Å². The molecule has 128 valence electrons. The van der Waals surface area contributed by atoms with Crippen molar-refractivity contribution in [3.63, 3.8) is 0 Å². The summed E-state index contributed by atoms with van der Waals surface area (Å²) in [7, 11) is 1.76. The van der Waals surface area contributed by atoms with E-state index in [9.17, 15) is 9.90 Å². The lowest BCUT2D eigenvalue weighted by atomic mass is 10.1. The van der Waals surface area contributed by atoms with Gasteiger partial charge in [0.25, 0.3) is 0 Å². The molecular formula is C18H29N3O2. The first-order valence-electron chi connectivity index (χ1n) is 8.28. The van der Waals surface area contributed by atoms with Gasteiger partial charge in [-0.3, -0.25) is 14.6 Å². The van der Waals surface area contributed by atoms with Crippen LogP contribution >= 0.6 is 0 Å². The van der Waals surface area contributed by atoms with Crippen molar-refractivity contribution in [3.8, 4) is 0 Å². The van der Waals surface area contributed by atoms with Crippen LogP contribution in [-0.2, 0) is 11.3 Å². The molecule has 0 atom stereocenters. The number of benzene rings is 1. The number of aliphatic hydroxyl groups is 1. The van der Waals surface area contributed by atoms with Crippen LogP contribution in [0.1, 0.15) is 19.4 Å². The Labute approximate surface area is 139 Å². The fraction of sp³-hybridized carbons (Fsp3) is 0.611. The first-order valence-corrected chi connectivity index (χ1v) is 8.28. The summed E-state index contributed by atoms with van der Waals surface area (Å²) in [6.45, 7) is 9.00. The van der Waals surface area contributed by atoms with Gasteiger partial charge in [0.05, 0.1) is 12.1 Å². The summed E-state index contributed by atoms with van der Waals surface area (Å²) in [4.78, 5) is 18.5. The van der Waals surface area contributed by atoms with Gasteiger partial charge in [-0.15, -0.1) is 0 Å². The number of nitrogens with zero attached hydrogens (tertiary/aromatic N) is 3. The van der Waals surface area contributed by atoms with Gasteiger partial charge in [-0.05, 0) is 19.4 Å². The van der Waals surface area contributed by atoms with Crippen LogP contribution in [0.2, 0.25) is 0 Å². The van der Waals surface area contributed by atoms with Crippen molar-refractivity contribution in [2.24, 2.45) is 0 Å². The van der Waals surface area contributed by atoms with E-state index in [0.29, 0.717) is 13.1 Å². The second-order valence-electron chi connectivity index (χ2n) is 7.10. The summed E-state index contributed by atoms with van der Waals surface area (Å²) < 4.78 is 0. The number of hydrogen-bond donors (Lipinski definition) is 1. The van der Waals surface area contributed by atoms with Crippen LogP contribution in [0.5, 0.6) is 0 Å². The zero-order valence-corrected chi connectivity index (χ0v) is 14.5. The van der Waals surface area contributed by atoms with Crippen molar-refractivity contribution in [2.45, 2.75) is 26.0 Å². The number of likely N-dealkylation sites (N-methyl/N-ethyl adjacent to an activating group) is 1. The predicted molar refractivity (Wildman–Crippen MR) is 92.1 cm³/mol. The third-order valence-electron chi connectivity index (χ3n) is 4.12. The highest BCUT2D eigenvalue weighted by Gasteiger charge is 2.23. The molecule has 0 aliphatic carbocycles. The van der Waals surface area contributed by atoms with Gasteiger partial charge in [0.15, 0.2) is 0 Å². The smallest absolute Gasteiger partial charge is 0.236 e. The van der Waals surface area contributed by atoms with Crippen molar-refractivity contribution in [2.75, 3.05) is 46.3 Å². The van der Waals surface area contributed by atoms with E-state index in [1.165, 1.54) is 5.56 Å². The average Bonchev–Trinajstić information content (AvgIpc) is 2.48. The second kappa shape index (κ2) is 7.90. The minimum Gasteiger partial charge on any atom is -0.389 e. The minimum atomic E-state index is -0.848. The topological polar surface area (TPSA) is 47.0 Å².